The molecule has 3 nitrogen and oxygen atoms in total. The summed E-state index contributed by atoms with van der Waals surface area (Å²) in [5.74, 6) is 0.701. The van der Waals surface area contributed by atoms with Crippen LogP contribution in [0.5, 0.6) is 0 Å². The molecule has 0 saturated heterocycles. The molecule has 4 heteroatoms. The zero-order valence-corrected chi connectivity index (χ0v) is 12.3. The maximum Gasteiger partial charge on any atom is 0.317 e. The fraction of sp³-hybridized carbons (Fsp3) is 0.533. The molecule has 1 unspecified atom stereocenters. The Labute approximate surface area is 119 Å². The maximum atomic E-state index is 12.0. The molecule has 1 atom stereocenters. The van der Waals surface area contributed by atoms with Gasteiger partial charge < -0.3 is 10.2 Å². The molecule has 2 rings (SSSR count). The summed E-state index contributed by atoms with van der Waals surface area (Å²) in [4.78, 5) is 13.8. The van der Waals surface area contributed by atoms with Crippen molar-refractivity contribution in [1.29, 1.82) is 0 Å². The van der Waals surface area contributed by atoms with E-state index in [4.69, 9.17) is 11.6 Å². The van der Waals surface area contributed by atoms with Gasteiger partial charge in [0.25, 0.3) is 0 Å². The van der Waals surface area contributed by atoms with Gasteiger partial charge in [-0.3, -0.25) is 0 Å². The van der Waals surface area contributed by atoms with E-state index in [-0.39, 0.29) is 6.03 Å². The van der Waals surface area contributed by atoms with Crippen LogP contribution < -0.4 is 5.32 Å². The van der Waals surface area contributed by atoms with Gasteiger partial charge in [0, 0.05) is 24.7 Å². The van der Waals surface area contributed by atoms with Crippen LogP contribution in [0.4, 0.5) is 4.79 Å². The molecule has 1 N–H and O–H groups in total. The summed E-state index contributed by atoms with van der Waals surface area (Å²) in [5, 5.41) is 3.70. The minimum atomic E-state index is 0.0216. The number of carbonyl (C=O) groups excluding carboxylic acids is 1. The number of urea groups is 1. The highest BCUT2D eigenvalue weighted by atomic mass is 35.5. The van der Waals surface area contributed by atoms with E-state index in [0.29, 0.717) is 18.5 Å². The fourth-order valence-electron chi connectivity index (χ4n) is 2.17. The molecule has 0 bridgehead atoms. The zero-order valence-electron chi connectivity index (χ0n) is 11.5. The van der Waals surface area contributed by atoms with E-state index < -0.39 is 0 Å². The van der Waals surface area contributed by atoms with E-state index in [1.165, 1.54) is 18.4 Å². The van der Waals surface area contributed by atoms with Crippen LogP contribution in [-0.2, 0) is 6.42 Å². The number of nitrogens with zero attached hydrogens (tertiary/aromatic N) is 1. The second-order valence-corrected chi connectivity index (χ2v) is 5.73. The minimum Gasteiger partial charge on any atom is -0.338 e. The molecule has 1 aliphatic rings. The third-order valence-electron chi connectivity index (χ3n) is 3.84. The van der Waals surface area contributed by atoms with Crippen LogP contribution in [0.25, 0.3) is 0 Å². The molecule has 0 spiro atoms. The van der Waals surface area contributed by atoms with E-state index in [1.54, 1.807) is 0 Å². The molecule has 0 aromatic heterocycles. The number of amides is 2. The van der Waals surface area contributed by atoms with Crippen molar-refractivity contribution in [2.24, 2.45) is 5.92 Å². The summed E-state index contributed by atoms with van der Waals surface area (Å²) in [7, 11) is 1.88. The fourth-order valence-corrected chi connectivity index (χ4v) is 2.30. The predicted molar refractivity (Wildman–Crippen MR) is 78.5 cm³/mol. The normalized spacial score (nSPS) is 15.9. The SMILES string of the molecule is CC(C1CC1)N(C)C(=O)NCCc1ccc(Cl)cc1. The summed E-state index contributed by atoms with van der Waals surface area (Å²) in [6.45, 7) is 2.78. The monoisotopic (exact) mass is 280 g/mol. The number of carbonyl (C=O) groups is 1. The van der Waals surface area contributed by atoms with Gasteiger partial charge in [-0.15, -0.1) is 0 Å². The first-order valence-corrected chi connectivity index (χ1v) is 7.21. The number of nitrogens with one attached hydrogen (secondary N) is 1. The van der Waals surface area contributed by atoms with Gasteiger partial charge in [-0.2, -0.15) is 0 Å². The van der Waals surface area contributed by atoms with Crippen molar-refractivity contribution in [3.63, 3.8) is 0 Å². The second kappa shape index (κ2) is 6.29. The lowest BCUT2D eigenvalue weighted by Gasteiger charge is -2.25. The lowest BCUT2D eigenvalue weighted by molar-refractivity contribution is 0.188. The van der Waals surface area contributed by atoms with Crippen LogP contribution in [0.3, 0.4) is 0 Å². The number of halogens is 1. The van der Waals surface area contributed by atoms with Crippen LogP contribution in [0.15, 0.2) is 24.3 Å². The Morgan fingerprint density at radius 3 is 2.63 bits per heavy atom. The summed E-state index contributed by atoms with van der Waals surface area (Å²) < 4.78 is 0. The van der Waals surface area contributed by atoms with E-state index in [2.05, 4.69) is 12.2 Å². The number of benzene rings is 1. The van der Waals surface area contributed by atoms with Gasteiger partial charge in [0.1, 0.15) is 0 Å². The van der Waals surface area contributed by atoms with Crippen molar-refractivity contribution in [2.75, 3.05) is 13.6 Å². The van der Waals surface area contributed by atoms with Gasteiger partial charge in [-0.05, 0) is 49.8 Å². The Balaban J connectivity index is 1.72. The lowest BCUT2D eigenvalue weighted by Crippen LogP contribution is -2.43. The van der Waals surface area contributed by atoms with E-state index in [1.807, 2.05) is 36.2 Å². The molecule has 2 amide bonds. The lowest BCUT2D eigenvalue weighted by atomic mass is 10.1. The van der Waals surface area contributed by atoms with Gasteiger partial charge in [0.15, 0.2) is 0 Å². The molecule has 1 aliphatic carbocycles. The van der Waals surface area contributed by atoms with Crippen LogP contribution in [0.2, 0.25) is 5.02 Å². The summed E-state index contributed by atoms with van der Waals surface area (Å²) in [5.41, 5.74) is 1.18. The smallest absolute Gasteiger partial charge is 0.317 e. The Bertz CT molecular complexity index is 428. The number of hydrogen-bond acceptors (Lipinski definition) is 1. The Morgan fingerprint density at radius 1 is 1.42 bits per heavy atom. The van der Waals surface area contributed by atoms with Crippen LogP contribution in [-0.4, -0.2) is 30.6 Å². The highest BCUT2D eigenvalue weighted by Crippen LogP contribution is 2.34. The highest BCUT2D eigenvalue weighted by Gasteiger charge is 2.32. The average Bonchev–Trinajstić information content (AvgIpc) is 3.23. The molecule has 1 saturated carbocycles. The molecule has 0 aliphatic heterocycles. The van der Waals surface area contributed by atoms with Crippen molar-refractivity contribution in [2.45, 2.75) is 32.2 Å². The van der Waals surface area contributed by atoms with E-state index in [0.717, 1.165) is 11.4 Å². The molecule has 1 aromatic rings. The average molecular weight is 281 g/mol. The van der Waals surface area contributed by atoms with Crippen molar-refractivity contribution in [1.82, 2.24) is 10.2 Å². The molecule has 1 fully saturated rings. The summed E-state index contributed by atoms with van der Waals surface area (Å²) in [6, 6.07) is 8.10. The Hall–Kier alpha value is -1.22. The van der Waals surface area contributed by atoms with Gasteiger partial charge >= 0.3 is 6.03 Å². The van der Waals surface area contributed by atoms with E-state index in [9.17, 15) is 4.79 Å². The maximum absolute atomic E-state index is 12.0. The number of rotatable bonds is 5. The standard InChI is InChI=1S/C15H21ClN2O/c1-11(13-5-6-13)18(2)15(19)17-10-9-12-3-7-14(16)8-4-12/h3-4,7-8,11,13H,5-6,9-10H2,1-2H3,(H,17,19). The van der Waals surface area contributed by atoms with Gasteiger partial charge in [0.05, 0.1) is 0 Å². The molecular weight excluding hydrogens is 260 g/mol. The first-order valence-electron chi connectivity index (χ1n) is 6.83. The first kappa shape index (κ1) is 14.2. The largest absolute Gasteiger partial charge is 0.338 e. The van der Waals surface area contributed by atoms with E-state index >= 15 is 0 Å². The number of hydrogen-bond donors (Lipinski definition) is 1. The molecule has 0 radical (unpaired) electrons. The van der Waals surface area contributed by atoms with Crippen molar-refractivity contribution in [3.8, 4) is 0 Å². The summed E-state index contributed by atoms with van der Waals surface area (Å²) >= 11 is 5.83. The van der Waals surface area contributed by atoms with Gasteiger partial charge in [-0.25, -0.2) is 4.79 Å². The Morgan fingerprint density at radius 2 is 2.05 bits per heavy atom. The predicted octanol–water partition coefficient (Wildman–Crippen LogP) is 3.32. The van der Waals surface area contributed by atoms with Crippen molar-refractivity contribution in [3.05, 3.63) is 34.9 Å². The van der Waals surface area contributed by atoms with Crippen LogP contribution in [0.1, 0.15) is 25.3 Å². The van der Waals surface area contributed by atoms with Gasteiger partial charge in [-0.1, -0.05) is 23.7 Å². The topological polar surface area (TPSA) is 32.3 Å². The van der Waals surface area contributed by atoms with Crippen LogP contribution >= 0.6 is 11.6 Å². The summed E-state index contributed by atoms with van der Waals surface area (Å²) in [6.07, 6.45) is 3.34. The minimum absolute atomic E-state index is 0.0216. The quantitative estimate of drug-likeness (QED) is 0.882. The Kier molecular flexibility index (Phi) is 4.70. The zero-order chi connectivity index (χ0) is 13.8. The van der Waals surface area contributed by atoms with Gasteiger partial charge in [0.2, 0.25) is 0 Å². The highest BCUT2D eigenvalue weighted by molar-refractivity contribution is 6.30. The molecular formula is C15H21ClN2O. The molecule has 19 heavy (non-hydrogen) atoms. The molecule has 0 heterocycles. The second-order valence-electron chi connectivity index (χ2n) is 5.30. The molecule has 1 aromatic carbocycles. The van der Waals surface area contributed by atoms with Crippen molar-refractivity contribution >= 4 is 17.6 Å². The van der Waals surface area contributed by atoms with Crippen LogP contribution in [0, 0.1) is 5.92 Å². The third kappa shape index (κ3) is 4.13. The van der Waals surface area contributed by atoms with Crippen molar-refractivity contribution < 1.29 is 4.79 Å². The third-order valence-corrected chi connectivity index (χ3v) is 4.09. The molecule has 104 valence electrons. The first-order chi connectivity index (χ1) is 9.08.